The first-order valence-corrected chi connectivity index (χ1v) is 6.24. The number of anilines is 1. The van der Waals surface area contributed by atoms with Crippen LogP contribution in [0.3, 0.4) is 0 Å². The molecule has 3 nitrogen and oxygen atoms in total. The van der Waals surface area contributed by atoms with E-state index in [1.54, 1.807) is 31.4 Å². The second kappa shape index (κ2) is 6.25. The summed E-state index contributed by atoms with van der Waals surface area (Å²) in [5.74, 6) is 0.607. The number of carbonyl (C=O) groups excluding carboxylic acids is 1. The van der Waals surface area contributed by atoms with Crippen LogP contribution in [0.15, 0.2) is 48.5 Å². The van der Waals surface area contributed by atoms with E-state index >= 15 is 0 Å². The Kier molecular flexibility index (Phi) is 4.42. The monoisotopic (exact) mass is 275 g/mol. The van der Waals surface area contributed by atoms with Crippen LogP contribution in [0.4, 0.5) is 5.69 Å². The number of halogens is 1. The molecule has 98 valence electrons. The molecule has 2 rings (SSSR count). The molecule has 0 unspecified atom stereocenters. The van der Waals surface area contributed by atoms with E-state index in [9.17, 15) is 4.79 Å². The van der Waals surface area contributed by atoms with E-state index in [1.165, 1.54) is 0 Å². The lowest BCUT2D eigenvalue weighted by molar-refractivity contribution is -0.115. The Hall–Kier alpha value is -2.00. The minimum Gasteiger partial charge on any atom is -0.496 e. The second-order valence-electron chi connectivity index (χ2n) is 4.05. The fraction of sp³-hybridized carbons (Fsp3) is 0.133. The summed E-state index contributed by atoms with van der Waals surface area (Å²) in [6, 6.07) is 14.5. The lowest BCUT2D eigenvalue weighted by Gasteiger charge is -2.09. The van der Waals surface area contributed by atoms with E-state index in [4.69, 9.17) is 16.3 Å². The summed E-state index contributed by atoms with van der Waals surface area (Å²) in [4.78, 5) is 12.0. The van der Waals surface area contributed by atoms with Gasteiger partial charge in [-0.15, -0.1) is 0 Å². The van der Waals surface area contributed by atoms with Crippen molar-refractivity contribution < 1.29 is 9.53 Å². The highest BCUT2D eigenvalue weighted by molar-refractivity contribution is 6.30. The van der Waals surface area contributed by atoms with E-state index in [0.717, 1.165) is 5.56 Å². The van der Waals surface area contributed by atoms with E-state index in [2.05, 4.69) is 5.32 Å². The normalized spacial score (nSPS) is 10.0. The molecule has 0 spiro atoms. The van der Waals surface area contributed by atoms with Gasteiger partial charge < -0.3 is 10.1 Å². The van der Waals surface area contributed by atoms with Crippen LogP contribution in [-0.4, -0.2) is 13.0 Å². The zero-order chi connectivity index (χ0) is 13.7. The number of benzene rings is 2. The van der Waals surface area contributed by atoms with Gasteiger partial charge in [0, 0.05) is 16.3 Å². The topological polar surface area (TPSA) is 38.3 Å². The van der Waals surface area contributed by atoms with Crippen LogP contribution in [0.1, 0.15) is 5.56 Å². The fourth-order valence-electron chi connectivity index (χ4n) is 1.79. The van der Waals surface area contributed by atoms with Gasteiger partial charge in [0.25, 0.3) is 0 Å². The van der Waals surface area contributed by atoms with Crippen molar-refractivity contribution in [3.8, 4) is 5.75 Å². The number of para-hydroxylation sites is 1. The van der Waals surface area contributed by atoms with Gasteiger partial charge in [0.2, 0.25) is 5.91 Å². The molecule has 4 heteroatoms. The number of amides is 1. The molecule has 1 N–H and O–H groups in total. The molecule has 0 saturated carbocycles. The molecule has 0 saturated heterocycles. The maximum Gasteiger partial charge on any atom is 0.228 e. The van der Waals surface area contributed by atoms with Crippen LogP contribution in [0.5, 0.6) is 5.75 Å². The SMILES string of the molecule is COc1ccccc1CC(=O)Nc1cccc(Cl)c1. The van der Waals surface area contributed by atoms with Gasteiger partial charge >= 0.3 is 0 Å². The summed E-state index contributed by atoms with van der Waals surface area (Å²) in [5, 5.41) is 3.40. The lowest BCUT2D eigenvalue weighted by atomic mass is 10.1. The average Bonchev–Trinajstić information content (AvgIpc) is 2.39. The zero-order valence-corrected chi connectivity index (χ0v) is 11.3. The van der Waals surface area contributed by atoms with Gasteiger partial charge in [0.1, 0.15) is 5.75 Å². The number of hydrogen-bond acceptors (Lipinski definition) is 2. The molecule has 0 atom stereocenters. The molecule has 0 fully saturated rings. The third kappa shape index (κ3) is 3.73. The minimum absolute atomic E-state index is 0.105. The largest absolute Gasteiger partial charge is 0.496 e. The van der Waals surface area contributed by atoms with Crippen LogP contribution < -0.4 is 10.1 Å². The van der Waals surface area contributed by atoms with Crippen LogP contribution in [0.25, 0.3) is 0 Å². The molecule has 19 heavy (non-hydrogen) atoms. The molecule has 1 amide bonds. The van der Waals surface area contributed by atoms with E-state index in [0.29, 0.717) is 16.5 Å². The van der Waals surface area contributed by atoms with Gasteiger partial charge in [-0.05, 0) is 24.3 Å². The number of carbonyl (C=O) groups is 1. The lowest BCUT2D eigenvalue weighted by Crippen LogP contribution is -2.14. The Balaban J connectivity index is 2.05. The molecular weight excluding hydrogens is 262 g/mol. The van der Waals surface area contributed by atoms with E-state index in [-0.39, 0.29) is 12.3 Å². The first-order chi connectivity index (χ1) is 9.19. The third-order valence-electron chi connectivity index (χ3n) is 2.65. The highest BCUT2D eigenvalue weighted by Crippen LogP contribution is 2.19. The smallest absolute Gasteiger partial charge is 0.228 e. The Bertz CT molecular complexity index is 584. The maximum absolute atomic E-state index is 12.0. The van der Waals surface area contributed by atoms with Crippen molar-refractivity contribution in [2.75, 3.05) is 12.4 Å². The third-order valence-corrected chi connectivity index (χ3v) is 2.89. The number of hydrogen-bond donors (Lipinski definition) is 1. The van der Waals surface area contributed by atoms with E-state index in [1.807, 2.05) is 24.3 Å². The summed E-state index contributed by atoms with van der Waals surface area (Å²) >= 11 is 5.86. The first-order valence-electron chi connectivity index (χ1n) is 5.86. The molecule has 0 heterocycles. The van der Waals surface area contributed by atoms with Crippen molar-refractivity contribution in [3.63, 3.8) is 0 Å². The van der Waals surface area contributed by atoms with Gasteiger partial charge in [-0.2, -0.15) is 0 Å². The van der Waals surface area contributed by atoms with Gasteiger partial charge in [0.05, 0.1) is 13.5 Å². The summed E-state index contributed by atoms with van der Waals surface area (Å²) in [6.45, 7) is 0. The molecule has 0 radical (unpaired) electrons. The van der Waals surface area contributed by atoms with Gasteiger partial charge in [-0.3, -0.25) is 4.79 Å². The highest BCUT2D eigenvalue weighted by atomic mass is 35.5. The molecule has 0 aliphatic heterocycles. The molecule has 2 aromatic rings. The number of nitrogens with one attached hydrogen (secondary N) is 1. The van der Waals surface area contributed by atoms with Crippen LogP contribution in [0, 0.1) is 0 Å². The van der Waals surface area contributed by atoms with Gasteiger partial charge in [-0.1, -0.05) is 35.9 Å². The summed E-state index contributed by atoms with van der Waals surface area (Å²) in [7, 11) is 1.59. The van der Waals surface area contributed by atoms with Crippen molar-refractivity contribution in [1.82, 2.24) is 0 Å². The maximum atomic E-state index is 12.0. The predicted molar refractivity (Wildman–Crippen MR) is 76.8 cm³/mol. The minimum atomic E-state index is -0.105. The molecule has 0 bridgehead atoms. The van der Waals surface area contributed by atoms with Gasteiger partial charge in [0.15, 0.2) is 0 Å². The summed E-state index contributed by atoms with van der Waals surface area (Å²) in [5.41, 5.74) is 1.54. The van der Waals surface area contributed by atoms with Crippen molar-refractivity contribution in [1.29, 1.82) is 0 Å². The van der Waals surface area contributed by atoms with Crippen molar-refractivity contribution in [3.05, 3.63) is 59.1 Å². The predicted octanol–water partition coefficient (Wildman–Crippen LogP) is 3.53. The van der Waals surface area contributed by atoms with Crippen molar-refractivity contribution in [2.45, 2.75) is 6.42 Å². The average molecular weight is 276 g/mol. The summed E-state index contributed by atoms with van der Waals surface area (Å²) in [6.07, 6.45) is 0.260. The standard InChI is InChI=1S/C15H14ClNO2/c1-19-14-8-3-2-5-11(14)9-15(18)17-13-7-4-6-12(16)10-13/h2-8,10H,9H2,1H3,(H,17,18). The second-order valence-corrected chi connectivity index (χ2v) is 4.48. The Morgan fingerprint density at radius 1 is 1.21 bits per heavy atom. The fourth-order valence-corrected chi connectivity index (χ4v) is 1.98. The Labute approximate surface area is 117 Å². The van der Waals surface area contributed by atoms with E-state index < -0.39 is 0 Å². The Morgan fingerprint density at radius 2 is 2.00 bits per heavy atom. The molecule has 0 aliphatic rings. The van der Waals surface area contributed by atoms with Crippen molar-refractivity contribution >= 4 is 23.2 Å². The number of ether oxygens (including phenoxy) is 1. The molecule has 2 aromatic carbocycles. The molecule has 0 aliphatic carbocycles. The molecule has 0 aromatic heterocycles. The quantitative estimate of drug-likeness (QED) is 0.927. The van der Waals surface area contributed by atoms with Crippen LogP contribution in [-0.2, 0) is 11.2 Å². The van der Waals surface area contributed by atoms with Gasteiger partial charge in [-0.25, -0.2) is 0 Å². The van der Waals surface area contributed by atoms with Crippen molar-refractivity contribution in [2.24, 2.45) is 0 Å². The van der Waals surface area contributed by atoms with Crippen LogP contribution in [0.2, 0.25) is 5.02 Å². The number of rotatable bonds is 4. The Morgan fingerprint density at radius 3 is 2.74 bits per heavy atom. The summed E-state index contributed by atoms with van der Waals surface area (Å²) < 4.78 is 5.21. The van der Waals surface area contributed by atoms with Crippen LogP contribution >= 0.6 is 11.6 Å². The molecular formula is C15H14ClNO2. The number of methoxy groups -OCH3 is 1. The zero-order valence-electron chi connectivity index (χ0n) is 10.5. The highest BCUT2D eigenvalue weighted by Gasteiger charge is 2.08. The first kappa shape index (κ1) is 13.4.